The number of hydrogen-bond acceptors (Lipinski definition) is 3. The van der Waals surface area contributed by atoms with Crippen LogP contribution in [0.5, 0.6) is 0 Å². The molecule has 0 aliphatic carbocycles. The van der Waals surface area contributed by atoms with E-state index in [1.807, 2.05) is 18.2 Å². The molecule has 1 aromatic rings. The third kappa shape index (κ3) is 4.61. The SMILES string of the molecule is CC(C(=O)O)C(=O)OCc1ccccc1.[Ag]. The number of hydrogen-bond donors (Lipinski definition) is 1. The molecule has 0 saturated heterocycles. The second kappa shape index (κ2) is 7.22. The summed E-state index contributed by atoms with van der Waals surface area (Å²) in [4.78, 5) is 21.6. The Balaban J connectivity index is 0.00000225. The second-order valence-electron chi connectivity index (χ2n) is 3.15. The van der Waals surface area contributed by atoms with Crippen LogP contribution in [0.3, 0.4) is 0 Å². The van der Waals surface area contributed by atoms with Crippen LogP contribution in [-0.2, 0) is 43.3 Å². The molecule has 1 aromatic carbocycles. The Morgan fingerprint density at radius 3 is 2.38 bits per heavy atom. The molecule has 0 amide bonds. The van der Waals surface area contributed by atoms with Gasteiger partial charge in [0.25, 0.3) is 0 Å². The number of aliphatic carboxylic acids is 1. The van der Waals surface area contributed by atoms with Gasteiger partial charge >= 0.3 is 11.9 Å². The molecular weight excluding hydrogens is 304 g/mol. The first kappa shape index (κ1) is 14.9. The van der Waals surface area contributed by atoms with Crippen molar-refractivity contribution in [2.24, 2.45) is 5.92 Å². The minimum atomic E-state index is -1.17. The maximum atomic E-state index is 11.2. The molecule has 0 spiro atoms. The van der Waals surface area contributed by atoms with Crippen molar-refractivity contribution >= 4 is 11.9 Å². The van der Waals surface area contributed by atoms with Gasteiger partial charge in [-0.15, -0.1) is 0 Å². The molecule has 91 valence electrons. The van der Waals surface area contributed by atoms with E-state index < -0.39 is 17.9 Å². The summed E-state index contributed by atoms with van der Waals surface area (Å²) in [5, 5.41) is 8.55. The number of ether oxygens (including phenoxy) is 1. The van der Waals surface area contributed by atoms with Crippen LogP contribution in [0.15, 0.2) is 30.3 Å². The topological polar surface area (TPSA) is 63.6 Å². The molecule has 0 aliphatic heterocycles. The van der Waals surface area contributed by atoms with Crippen LogP contribution < -0.4 is 0 Å². The van der Waals surface area contributed by atoms with Crippen molar-refractivity contribution in [3.63, 3.8) is 0 Å². The van der Waals surface area contributed by atoms with Crippen molar-refractivity contribution in [1.29, 1.82) is 0 Å². The molecule has 0 bridgehead atoms. The van der Waals surface area contributed by atoms with Crippen molar-refractivity contribution in [2.75, 3.05) is 0 Å². The molecule has 1 unspecified atom stereocenters. The summed E-state index contributed by atoms with van der Waals surface area (Å²) in [6.07, 6.45) is 0. The van der Waals surface area contributed by atoms with E-state index >= 15 is 0 Å². The predicted molar refractivity (Wildman–Crippen MR) is 53.0 cm³/mol. The molecule has 16 heavy (non-hydrogen) atoms. The Morgan fingerprint density at radius 1 is 1.31 bits per heavy atom. The van der Waals surface area contributed by atoms with Gasteiger partial charge in [-0.25, -0.2) is 0 Å². The van der Waals surface area contributed by atoms with Gasteiger partial charge in [-0.05, 0) is 12.5 Å². The van der Waals surface area contributed by atoms with E-state index in [-0.39, 0.29) is 29.0 Å². The molecule has 0 aliphatic rings. The van der Waals surface area contributed by atoms with Crippen LogP contribution in [0, 0.1) is 5.92 Å². The molecule has 1 N–H and O–H groups in total. The fourth-order valence-electron chi connectivity index (χ4n) is 0.955. The summed E-state index contributed by atoms with van der Waals surface area (Å²) in [7, 11) is 0. The van der Waals surface area contributed by atoms with Crippen LogP contribution in [0.2, 0.25) is 0 Å². The first-order valence-electron chi connectivity index (χ1n) is 4.54. The van der Waals surface area contributed by atoms with Crippen molar-refractivity contribution < 1.29 is 41.8 Å². The van der Waals surface area contributed by atoms with Crippen molar-refractivity contribution in [3.8, 4) is 0 Å². The fourth-order valence-corrected chi connectivity index (χ4v) is 0.955. The Kier molecular flexibility index (Phi) is 6.72. The summed E-state index contributed by atoms with van der Waals surface area (Å²) in [5.41, 5.74) is 0.837. The van der Waals surface area contributed by atoms with E-state index in [1.165, 1.54) is 6.92 Å². The molecule has 1 rings (SSSR count). The van der Waals surface area contributed by atoms with E-state index in [0.717, 1.165) is 5.56 Å². The standard InChI is InChI=1S/C11H12O4.Ag/c1-8(10(12)13)11(14)15-7-9-5-3-2-4-6-9;/h2-6,8H,7H2,1H3,(H,12,13);. The maximum Gasteiger partial charge on any atom is 0.320 e. The molecule has 0 aromatic heterocycles. The van der Waals surface area contributed by atoms with Gasteiger partial charge in [-0.1, -0.05) is 30.3 Å². The first-order valence-corrected chi connectivity index (χ1v) is 4.54. The van der Waals surface area contributed by atoms with Gasteiger partial charge in [0.05, 0.1) is 0 Å². The quantitative estimate of drug-likeness (QED) is 0.519. The molecule has 0 fully saturated rings. The Labute approximate surface area is 109 Å². The van der Waals surface area contributed by atoms with Crippen molar-refractivity contribution in [2.45, 2.75) is 13.5 Å². The average molecular weight is 316 g/mol. The summed E-state index contributed by atoms with van der Waals surface area (Å²) >= 11 is 0. The zero-order chi connectivity index (χ0) is 11.3. The third-order valence-electron chi connectivity index (χ3n) is 1.95. The normalized spacial score (nSPS) is 11.1. The number of carbonyl (C=O) groups excluding carboxylic acids is 1. The summed E-state index contributed by atoms with van der Waals surface area (Å²) in [5.74, 6) is -3.01. The summed E-state index contributed by atoms with van der Waals surface area (Å²) in [6.45, 7) is 1.41. The van der Waals surface area contributed by atoms with Crippen molar-refractivity contribution in [1.82, 2.24) is 0 Å². The van der Waals surface area contributed by atoms with Crippen LogP contribution in [0.4, 0.5) is 0 Å². The van der Waals surface area contributed by atoms with Gasteiger partial charge in [0.15, 0.2) is 5.92 Å². The largest absolute Gasteiger partial charge is 0.481 e. The number of benzene rings is 1. The van der Waals surface area contributed by atoms with E-state index in [4.69, 9.17) is 9.84 Å². The molecule has 1 radical (unpaired) electrons. The number of carboxylic acids is 1. The molecule has 1 atom stereocenters. The van der Waals surface area contributed by atoms with E-state index in [0.29, 0.717) is 0 Å². The van der Waals surface area contributed by atoms with Gasteiger partial charge in [0.1, 0.15) is 6.61 Å². The van der Waals surface area contributed by atoms with Gasteiger partial charge in [-0.2, -0.15) is 0 Å². The minimum absolute atomic E-state index is 0. The molecular formula is C11H12AgO4. The van der Waals surface area contributed by atoms with E-state index in [9.17, 15) is 9.59 Å². The van der Waals surface area contributed by atoms with Crippen LogP contribution in [-0.4, -0.2) is 17.0 Å². The monoisotopic (exact) mass is 315 g/mol. The predicted octanol–water partition coefficient (Wildman–Crippen LogP) is 1.45. The van der Waals surface area contributed by atoms with Crippen LogP contribution in [0.25, 0.3) is 0 Å². The molecule has 5 heteroatoms. The number of carboxylic acid groups (broad SMARTS) is 1. The second-order valence-corrected chi connectivity index (χ2v) is 3.15. The minimum Gasteiger partial charge on any atom is -0.481 e. The molecule has 4 nitrogen and oxygen atoms in total. The average Bonchev–Trinajstić information content (AvgIpc) is 2.26. The summed E-state index contributed by atoms with van der Waals surface area (Å²) < 4.78 is 4.83. The number of carbonyl (C=O) groups is 2. The smallest absolute Gasteiger partial charge is 0.320 e. The van der Waals surface area contributed by atoms with Crippen LogP contribution in [0.1, 0.15) is 12.5 Å². The molecule has 0 saturated carbocycles. The van der Waals surface area contributed by atoms with Gasteiger partial charge in [0, 0.05) is 22.4 Å². The van der Waals surface area contributed by atoms with Gasteiger partial charge < -0.3 is 9.84 Å². The Bertz CT molecular complexity index is 350. The van der Waals surface area contributed by atoms with E-state index in [2.05, 4.69) is 0 Å². The first-order chi connectivity index (χ1) is 7.11. The van der Waals surface area contributed by atoms with Gasteiger partial charge in [-0.3, -0.25) is 9.59 Å². The van der Waals surface area contributed by atoms with Crippen LogP contribution >= 0.6 is 0 Å². The zero-order valence-electron chi connectivity index (χ0n) is 8.64. The van der Waals surface area contributed by atoms with Gasteiger partial charge in [0.2, 0.25) is 0 Å². The van der Waals surface area contributed by atoms with Crippen molar-refractivity contribution in [3.05, 3.63) is 35.9 Å². The summed E-state index contributed by atoms with van der Waals surface area (Å²) in [6, 6.07) is 9.11. The Hall–Kier alpha value is -1.10. The molecule has 0 heterocycles. The van der Waals surface area contributed by atoms with E-state index in [1.54, 1.807) is 12.1 Å². The third-order valence-corrected chi connectivity index (χ3v) is 1.95. The fraction of sp³-hybridized carbons (Fsp3) is 0.273. The number of rotatable bonds is 4. The Morgan fingerprint density at radius 2 is 1.88 bits per heavy atom. The maximum absolute atomic E-state index is 11.2. The zero-order valence-corrected chi connectivity index (χ0v) is 10.1. The number of esters is 1.